The van der Waals surface area contributed by atoms with E-state index in [0.29, 0.717) is 17.1 Å². The van der Waals surface area contributed by atoms with Crippen LogP contribution in [0, 0.1) is 0 Å². The number of pyridine rings is 1. The largest absolute Gasteiger partial charge is 0.386 e. The van der Waals surface area contributed by atoms with Crippen molar-refractivity contribution in [3.8, 4) is 0 Å². The highest BCUT2D eigenvalue weighted by molar-refractivity contribution is 6.31. The molecule has 0 spiro atoms. The van der Waals surface area contributed by atoms with Gasteiger partial charge < -0.3 is 5.11 Å². The summed E-state index contributed by atoms with van der Waals surface area (Å²) in [6, 6.07) is 13.0. The second-order valence-corrected chi connectivity index (χ2v) is 3.97. The number of aliphatic hydroxyl groups excluding tert-OH is 1. The van der Waals surface area contributed by atoms with Gasteiger partial charge in [0.05, 0.1) is 11.8 Å². The van der Waals surface area contributed by atoms with Crippen LogP contribution in [0.5, 0.6) is 0 Å². The maximum Gasteiger partial charge on any atom is 0.1000 e. The lowest BCUT2D eigenvalue weighted by atomic mass is 10.1. The van der Waals surface area contributed by atoms with Crippen molar-refractivity contribution < 1.29 is 5.11 Å². The number of hydrogen-bond donors (Lipinski definition) is 1. The number of nitrogens with zero attached hydrogens (tertiary/aromatic N) is 1. The molecule has 1 heterocycles. The minimum atomic E-state index is -0.610. The molecule has 1 aromatic carbocycles. The van der Waals surface area contributed by atoms with Crippen molar-refractivity contribution in [2.45, 2.75) is 12.5 Å². The van der Waals surface area contributed by atoms with Crippen LogP contribution in [0.25, 0.3) is 0 Å². The first-order valence-corrected chi connectivity index (χ1v) is 5.47. The Kier molecular flexibility index (Phi) is 3.54. The van der Waals surface area contributed by atoms with Gasteiger partial charge in [-0.25, -0.2) is 0 Å². The molecule has 0 aliphatic heterocycles. The molecule has 0 saturated heterocycles. The first kappa shape index (κ1) is 11.1. The molecule has 0 saturated carbocycles. The average Bonchev–Trinajstić information content (AvgIpc) is 2.33. The van der Waals surface area contributed by atoms with E-state index in [0.717, 1.165) is 5.56 Å². The maximum absolute atomic E-state index is 9.98. The van der Waals surface area contributed by atoms with Crippen molar-refractivity contribution in [3.63, 3.8) is 0 Å². The smallest absolute Gasteiger partial charge is 0.1000 e. The summed E-state index contributed by atoms with van der Waals surface area (Å²) in [6.45, 7) is 0. The van der Waals surface area contributed by atoms with E-state index in [1.165, 1.54) is 0 Å². The van der Waals surface area contributed by atoms with Crippen LogP contribution in [0.3, 0.4) is 0 Å². The van der Waals surface area contributed by atoms with Gasteiger partial charge in [0, 0.05) is 17.6 Å². The second-order valence-electron chi connectivity index (χ2n) is 3.57. The highest BCUT2D eigenvalue weighted by atomic mass is 35.5. The van der Waals surface area contributed by atoms with E-state index in [1.54, 1.807) is 6.20 Å². The Balaban J connectivity index is 2.14. The zero-order chi connectivity index (χ0) is 11.4. The molecular weight excluding hydrogens is 222 g/mol. The normalized spacial score (nSPS) is 12.4. The molecular formula is C13H12ClNO. The van der Waals surface area contributed by atoms with E-state index in [9.17, 15) is 5.11 Å². The first-order valence-electron chi connectivity index (χ1n) is 5.10. The molecule has 1 aromatic heterocycles. The minimum Gasteiger partial charge on any atom is -0.386 e. The van der Waals surface area contributed by atoms with Crippen LogP contribution < -0.4 is 0 Å². The Hall–Kier alpha value is -1.38. The Morgan fingerprint density at radius 1 is 1.12 bits per heavy atom. The molecule has 0 aliphatic carbocycles. The summed E-state index contributed by atoms with van der Waals surface area (Å²) in [6.07, 6.45) is 1.54. The summed E-state index contributed by atoms with van der Waals surface area (Å²) in [5, 5.41) is 10.7. The van der Waals surface area contributed by atoms with E-state index in [-0.39, 0.29) is 0 Å². The van der Waals surface area contributed by atoms with E-state index < -0.39 is 6.10 Å². The fourth-order valence-corrected chi connectivity index (χ4v) is 1.76. The summed E-state index contributed by atoms with van der Waals surface area (Å²) >= 11 is 6.02. The SMILES string of the molecule is OC(Cc1ccccc1Cl)c1ccccn1. The van der Waals surface area contributed by atoms with Gasteiger partial charge in [-0.05, 0) is 23.8 Å². The molecule has 3 heteroatoms. The number of rotatable bonds is 3. The fourth-order valence-electron chi connectivity index (χ4n) is 1.55. The van der Waals surface area contributed by atoms with Gasteiger partial charge in [0.15, 0.2) is 0 Å². The van der Waals surface area contributed by atoms with Gasteiger partial charge in [-0.15, -0.1) is 0 Å². The van der Waals surface area contributed by atoms with Gasteiger partial charge in [-0.2, -0.15) is 0 Å². The van der Waals surface area contributed by atoms with Crippen LogP contribution >= 0.6 is 11.6 Å². The lowest BCUT2D eigenvalue weighted by Gasteiger charge is -2.10. The zero-order valence-electron chi connectivity index (χ0n) is 8.68. The number of aromatic nitrogens is 1. The van der Waals surface area contributed by atoms with E-state index in [4.69, 9.17) is 11.6 Å². The highest BCUT2D eigenvalue weighted by Gasteiger charge is 2.10. The van der Waals surface area contributed by atoms with Gasteiger partial charge in [-0.1, -0.05) is 35.9 Å². The minimum absolute atomic E-state index is 0.483. The quantitative estimate of drug-likeness (QED) is 0.884. The molecule has 0 bridgehead atoms. The summed E-state index contributed by atoms with van der Waals surface area (Å²) in [4.78, 5) is 4.11. The van der Waals surface area contributed by atoms with Gasteiger partial charge in [0.25, 0.3) is 0 Å². The molecule has 0 amide bonds. The third kappa shape index (κ3) is 2.60. The van der Waals surface area contributed by atoms with Crippen LogP contribution in [0.15, 0.2) is 48.7 Å². The van der Waals surface area contributed by atoms with Crippen molar-refractivity contribution in [2.75, 3.05) is 0 Å². The molecule has 2 nitrogen and oxygen atoms in total. The number of hydrogen-bond acceptors (Lipinski definition) is 2. The Morgan fingerprint density at radius 2 is 1.88 bits per heavy atom. The van der Waals surface area contributed by atoms with Crippen LogP contribution in [0.1, 0.15) is 17.4 Å². The van der Waals surface area contributed by atoms with E-state index in [1.807, 2.05) is 42.5 Å². The molecule has 0 aliphatic rings. The van der Waals surface area contributed by atoms with Crippen LogP contribution in [-0.2, 0) is 6.42 Å². The molecule has 0 radical (unpaired) electrons. The summed E-state index contributed by atoms with van der Waals surface area (Å²) in [5.74, 6) is 0. The van der Waals surface area contributed by atoms with Crippen molar-refractivity contribution in [1.82, 2.24) is 4.98 Å². The van der Waals surface area contributed by atoms with Gasteiger partial charge in [-0.3, -0.25) is 4.98 Å². The topological polar surface area (TPSA) is 33.1 Å². The third-order valence-corrected chi connectivity index (χ3v) is 2.77. The molecule has 2 aromatic rings. The zero-order valence-corrected chi connectivity index (χ0v) is 9.43. The maximum atomic E-state index is 9.98. The van der Waals surface area contributed by atoms with E-state index in [2.05, 4.69) is 4.98 Å². The van der Waals surface area contributed by atoms with Crippen molar-refractivity contribution in [2.24, 2.45) is 0 Å². The monoisotopic (exact) mass is 233 g/mol. The Morgan fingerprint density at radius 3 is 2.56 bits per heavy atom. The molecule has 1 atom stereocenters. The number of aliphatic hydroxyl groups is 1. The lowest BCUT2D eigenvalue weighted by Crippen LogP contribution is -2.04. The second kappa shape index (κ2) is 5.10. The predicted molar refractivity (Wildman–Crippen MR) is 64.4 cm³/mol. The molecule has 2 rings (SSSR count). The standard InChI is InChI=1S/C13H12ClNO/c14-11-6-2-1-5-10(11)9-13(16)12-7-3-4-8-15-12/h1-8,13,16H,9H2. The van der Waals surface area contributed by atoms with Crippen molar-refractivity contribution in [1.29, 1.82) is 0 Å². The lowest BCUT2D eigenvalue weighted by molar-refractivity contribution is 0.173. The fraction of sp³-hybridized carbons (Fsp3) is 0.154. The number of halogens is 1. The average molecular weight is 234 g/mol. The molecule has 1 N–H and O–H groups in total. The van der Waals surface area contributed by atoms with E-state index >= 15 is 0 Å². The third-order valence-electron chi connectivity index (χ3n) is 2.40. The van der Waals surface area contributed by atoms with Gasteiger partial charge in [0.1, 0.15) is 0 Å². The van der Waals surface area contributed by atoms with Crippen molar-refractivity contribution in [3.05, 3.63) is 64.9 Å². The van der Waals surface area contributed by atoms with Crippen LogP contribution in [0.2, 0.25) is 5.02 Å². The molecule has 0 fully saturated rings. The van der Waals surface area contributed by atoms with Gasteiger partial charge in [0.2, 0.25) is 0 Å². The molecule has 82 valence electrons. The number of benzene rings is 1. The van der Waals surface area contributed by atoms with Gasteiger partial charge >= 0.3 is 0 Å². The molecule has 1 unspecified atom stereocenters. The predicted octanol–water partition coefficient (Wildman–Crippen LogP) is 3.01. The molecule has 16 heavy (non-hydrogen) atoms. The summed E-state index contributed by atoms with van der Waals surface area (Å²) < 4.78 is 0. The Labute approximate surface area is 99.5 Å². The van der Waals surface area contributed by atoms with Crippen LogP contribution in [0.4, 0.5) is 0 Å². The van der Waals surface area contributed by atoms with Crippen molar-refractivity contribution >= 4 is 11.6 Å². The summed E-state index contributed by atoms with van der Waals surface area (Å²) in [5.41, 5.74) is 1.60. The Bertz CT molecular complexity index is 458. The first-order chi connectivity index (χ1) is 7.77. The highest BCUT2D eigenvalue weighted by Crippen LogP contribution is 2.21. The van der Waals surface area contributed by atoms with Crippen LogP contribution in [-0.4, -0.2) is 10.1 Å². The summed E-state index contributed by atoms with van der Waals surface area (Å²) in [7, 11) is 0.